The zero-order chi connectivity index (χ0) is 10.8. The van der Waals surface area contributed by atoms with Gasteiger partial charge >= 0.3 is 0 Å². The molecule has 1 aromatic carbocycles. The van der Waals surface area contributed by atoms with Crippen LogP contribution in [-0.4, -0.2) is 11.3 Å². The molecule has 0 fully saturated rings. The van der Waals surface area contributed by atoms with Crippen molar-refractivity contribution in [3.8, 4) is 11.3 Å². The van der Waals surface area contributed by atoms with Gasteiger partial charge in [0.1, 0.15) is 0 Å². The summed E-state index contributed by atoms with van der Waals surface area (Å²) in [6, 6.07) is 7.91. The van der Waals surface area contributed by atoms with Gasteiger partial charge in [0.15, 0.2) is 11.3 Å². The van der Waals surface area contributed by atoms with Crippen LogP contribution in [0.15, 0.2) is 28.7 Å². The average Bonchev–Trinajstić information content (AvgIpc) is 2.61. The lowest BCUT2D eigenvalue weighted by molar-refractivity contribution is 0.112. The van der Waals surface area contributed by atoms with E-state index in [1.54, 1.807) is 0 Å². The van der Waals surface area contributed by atoms with E-state index in [0.717, 1.165) is 26.9 Å². The predicted octanol–water partition coefficient (Wildman–Crippen LogP) is 3.69. The molecule has 1 aromatic heterocycles. The monoisotopic (exact) mass is 281 g/mol. The molecule has 2 rings (SSSR count). The Bertz CT molecular complexity index is 490. The Morgan fingerprint density at radius 1 is 1.33 bits per heavy atom. The smallest absolute Gasteiger partial charge is 0.178 e. The number of aryl methyl sites for hydroxylation is 1. The molecule has 2 aromatic rings. The number of hydrogen-bond acceptors (Lipinski definition) is 3. The molecule has 15 heavy (non-hydrogen) atoms. The quantitative estimate of drug-likeness (QED) is 0.786. The Labute approximate surface area is 100 Å². The minimum Gasteiger partial charge on any atom is -0.295 e. The van der Waals surface area contributed by atoms with Gasteiger partial charge in [0.05, 0.1) is 5.69 Å². The number of nitrogens with zero attached hydrogens (tertiary/aromatic N) is 1. The molecule has 0 aliphatic rings. The number of hydrogen-bond donors (Lipinski definition) is 0. The van der Waals surface area contributed by atoms with Crippen LogP contribution < -0.4 is 0 Å². The minimum absolute atomic E-state index is 0.533. The maximum atomic E-state index is 10.6. The van der Waals surface area contributed by atoms with Crippen LogP contribution in [0.1, 0.15) is 14.7 Å². The number of thiazole rings is 1. The van der Waals surface area contributed by atoms with E-state index in [9.17, 15) is 4.79 Å². The number of benzene rings is 1. The van der Waals surface area contributed by atoms with E-state index in [2.05, 4.69) is 20.9 Å². The number of carbonyl (C=O) groups excluding carboxylic acids is 1. The van der Waals surface area contributed by atoms with E-state index < -0.39 is 0 Å². The molecule has 1 heterocycles. The van der Waals surface area contributed by atoms with Gasteiger partial charge in [0.2, 0.25) is 0 Å². The van der Waals surface area contributed by atoms with Gasteiger partial charge in [0.25, 0.3) is 0 Å². The zero-order valence-corrected chi connectivity index (χ0v) is 10.4. The lowest BCUT2D eigenvalue weighted by Crippen LogP contribution is -1.81. The Balaban J connectivity index is 2.48. The fourth-order valence-electron chi connectivity index (χ4n) is 1.34. The van der Waals surface area contributed by atoms with E-state index in [0.29, 0.717) is 5.01 Å². The first-order valence-corrected chi connectivity index (χ1v) is 6.00. The van der Waals surface area contributed by atoms with Crippen molar-refractivity contribution in [1.29, 1.82) is 0 Å². The summed E-state index contributed by atoms with van der Waals surface area (Å²) in [4.78, 5) is 15.9. The van der Waals surface area contributed by atoms with Crippen LogP contribution in [0.2, 0.25) is 0 Å². The third-order valence-corrected chi connectivity index (χ3v) is 3.46. The molecular weight excluding hydrogens is 274 g/mol. The first-order chi connectivity index (χ1) is 7.20. The van der Waals surface area contributed by atoms with Gasteiger partial charge < -0.3 is 0 Å². The highest BCUT2D eigenvalue weighted by atomic mass is 79.9. The molecule has 0 unspecified atom stereocenters. The predicted molar refractivity (Wildman–Crippen MR) is 65.4 cm³/mol. The second-order valence-electron chi connectivity index (χ2n) is 3.08. The molecule has 76 valence electrons. The van der Waals surface area contributed by atoms with Crippen LogP contribution in [0.3, 0.4) is 0 Å². The summed E-state index contributed by atoms with van der Waals surface area (Å²) in [6.07, 6.45) is 0.792. The fourth-order valence-corrected chi connectivity index (χ4v) is 2.37. The molecule has 0 amide bonds. The van der Waals surface area contributed by atoms with Crippen LogP contribution in [0, 0.1) is 6.92 Å². The zero-order valence-electron chi connectivity index (χ0n) is 8.03. The number of aromatic nitrogens is 1. The van der Waals surface area contributed by atoms with Crippen molar-refractivity contribution in [2.24, 2.45) is 0 Å². The van der Waals surface area contributed by atoms with Crippen molar-refractivity contribution < 1.29 is 4.79 Å². The van der Waals surface area contributed by atoms with Crippen LogP contribution in [-0.2, 0) is 0 Å². The Kier molecular flexibility index (Phi) is 2.98. The van der Waals surface area contributed by atoms with Crippen molar-refractivity contribution in [2.75, 3.05) is 0 Å². The van der Waals surface area contributed by atoms with Crippen molar-refractivity contribution >= 4 is 33.6 Å². The standard InChI is InChI=1S/C11H8BrNOS/c1-7-11(13-10(6-14)15-7)8-2-4-9(12)5-3-8/h2-6H,1H3. The average molecular weight is 282 g/mol. The van der Waals surface area contributed by atoms with Crippen molar-refractivity contribution in [3.05, 3.63) is 38.6 Å². The third-order valence-electron chi connectivity index (χ3n) is 2.03. The van der Waals surface area contributed by atoms with Gasteiger partial charge in [-0.3, -0.25) is 4.79 Å². The molecule has 0 bridgehead atoms. The molecular formula is C11H8BrNOS. The molecule has 0 saturated heterocycles. The van der Waals surface area contributed by atoms with Crippen molar-refractivity contribution in [2.45, 2.75) is 6.92 Å². The summed E-state index contributed by atoms with van der Waals surface area (Å²) in [5.41, 5.74) is 1.94. The molecule has 0 N–H and O–H groups in total. The number of rotatable bonds is 2. The molecule has 0 spiro atoms. The van der Waals surface area contributed by atoms with Gasteiger partial charge in [-0.25, -0.2) is 4.98 Å². The third kappa shape index (κ3) is 2.16. The lowest BCUT2D eigenvalue weighted by Gasteiger charge is -1.98. The maximum absolute atomic E-state index is 10.6. The van der Waals surface area contributed by atoms with E-state index in [4.69, 9.17) is 0 Å². The molecule has 0 atom stereocenters. The van der Waals surface area contributed by atoms with Crippen LogP contribution in [0.4, 0.5) is 0 Å². The largest absolute Gasteiger partial charge is 0.295 e. The SMILES string of the molecule is Cc1sc(C=O)nc1-c1ccc(Br)cc1. The second kappa shape index (κ2) is 4.24. The van der Waals surface area contributed by atoms with Crippen molar-refractivity contribution in [3.63, 3.8) is 0 Å². The van der Waals surface area contributed by atoms with Crippen molar-refractivity contribution in [1.82, 2.24) is 4.98 Å². The summed E-state index contributed by atoms with van der Waals surface area (Å²) in [7, 11) is 0. The Morgan fingerprint density at radius 2 is 2.00 bits per heavy atom. The van der Waals surface area contributed by atoms with Gasteiger partial charge in [-0.1, -0.05) is 28.1 Å². The first kappa shape index (κ1) is 10.5. The topological polar surface area (TPSA) is 30.0 Å². The summed E-state index contributed by atoms with van der Waals surface area (Å²) in [5, 5.41) is 0.533. The van der Waals surface area contributed by atoms with E-state index >= 15 is 0 Å². The van der Waals surface area contributed by atoms with Gasteiger partial charge in [0, 0.05) is 14.9 Å². The highest BCUT2D eigenvalue weighted by Gasteiger charge is 2.08. The summed E-state index contributed by atoms with van der Waals surface area (Å²) < 4.78 is 1.04. The molecule has 4 heteroatoms. The number of aldehydes is 1. The van der Waals surface area contributed by atoms with E-state index in [1.165, 1.54) is 11.3 Å². The second-order valence-corrected chi connectivity index (χ2v) is 5.23. The maximum Gasteiger partial charge on any atom is 0.178 e. The fraction of sp³-hybridized carbons (Fsp3) is 0.0909. The summed E-state index contributed by atoms with van der Waals surface area (Å²) in [5.74, 6) is 0. The van der Waals surface area contributed by atoms with E-state index in [-0.39, 0.29) is 0 Å². The lowest BCUT2D eigenvalue weighted by atomic mass is 10.1. The Morgan fingerprint density at radius 3 is 2.53 bits per heavy atom. The van der Waals surface area contributed by atoms with Crippen LogP contribution >= 0.6 is 27.3 Å². The normalized spacial score (nSPS) is 10.3. The summed E-state index contributed by atoms with van der Waals surface area (Å²) >= 11 is 4.80. The molecule has 0 aliphatic heterocycles. The van der Waals surface area contributed by atoms with Crippen LogP contribution in [0.5, 0.6) is 0 Å². The van der Waals surface area contributed by atoms with Gasteiger partial charge in [-0.15, -0.1) is 11.3 Å². The Hall–Kier alpha value is -1.00. The molecule has 0 radical (unpaired) electrons. The minimum atomic E-state index is 0.533. The number of carbonyl (C=O) groups is 1. The highest BCUT2D eigenvalue weighted by molar-refractivity contribution is 9.10. The van der Waals surface area contributed by atoms with E-state index in [1.807, 2.05) is 31.2 Å². The molecule has 2 nitrogen and oxygen atoms in total. The summed E-state index contributed by atoms with van der Waals surface area (Å²) in [6.45, 7) is 1.97. The highest BCUT2D eigenvalue weighted by Crippen LogP contribution is 2.27. The molecule has 0 aliphatic carbocycles. The van der Waals surface area contributed by atoms with Gasteiger partial charge in [-0.2, -0.15) is 0 Å². The van der Waals surface area contributed by atoms with Crippen LogP contribution in [0.25, 0.3) is 11.3 Å². The van der Waals surface area contributed by atoms with Gasteiger partial charge in [-0.05, 0) is 19.1 Å². The first-order valence-electron chi connectivity index (χ1n) is 4.39. The number of halogens is 1. The molecule has 0 saturated carbocycles.